The zero-order valence-electron chi connectivity index (χ0n) is 14.5. The van der Waals surface area contributed by atoms with Gasteiger partial charge < -0.3 is 9.64 Å². The van der Waals surface area contributed by atoms with Gasteiger partial charge in [-0.15, -0.1) is 0 Å². The Balaban J connectivity index is 1.55. The van der Waals surface area contributed by atoms with Crippen molar-refractivity contribution in [3.8, 4) is 0 Å². The molecule has 1 aromatic carbocycles. The normalized spacial score (nSPS) is 33.3. The van der Waals surface area contributed by atoms with Gasteiger partial charge in [-0.3, -0.25) is 4.79 Å². The standard InChI is InChI=1S/C20H25NO3/c1-21(18(22)16-3-5-17(6-4-16)19(23)24-2)20-10-13-7-14(11-20)9-15(8-13)12-20/h3-6,13-15H,7-12H2,1-2H3. The van der Waals surface area contributed by atoms with Crippen molar-refractivity contribution in [3.05, 3.63) is 35.4 Å². The second kappa shape index (κ2) is 5.61. The van der Waals surface area contributed by atoms with Crippen LogP contribution in [0.25, 0.3) is 0 Å². The van der Waals surface area contributed by atoms with Gasteiger partial charge in [0.25, 0.3) is 5.91 Å². The molecule has 0 aromatic heterocycles. The summed E-state index contributed by atoms with van der Waals surface area (Å²) < 4.78 is 4.71. The first-order valence-electron chi connectivity index (χ1n) is 8.97. The molecule has 1 aromatic rings. The summed E-state index contributed by atoms with van der Waals surface area (Å²) in [6.07, 6.45) is 7.61. The van der Waals surface area contributed by atoms with Crippen LogP contribution in [0.3, 0.4) is 0 Å². The number of hydrogen-bond acceptors (Lipinski definition) is 3. The van der Waals surface area contributed by atoms with E-state index in [1.165, 1.54) is 45.6 Å². The van der Waals surface area contributed by atoms with Crippen molar-refractivity contribution in [1.82, 2.24) is 4.90 Å². The number of esters is 1. The molecule has 4 fully saturated rings. The van der Waals surface area contributed by atoms with Crippen LogP contribution in [-0.2, 0) is 4.74 Å². The summed E-state index contributed by atoms with van der Waals surface area (Å²) in [6.45, 7) is 0. The molecule has 128 valence electrons. The Morgan fingerprint density at radius 3 is 1.88 bits per heavy atom. The van der Waals surface area contributed by atoms with Gasteiger partial charge in [-0.1, -0.05) is 0 Å². The maximum absolute atomic E-state index is 13.0. The van der Waals surface area contributed by atoms with Gasteiger partial charge in [-0.2, -0.15) is 0 Å². The first-order valence-corrected chi connectivity index (χ1v) is 8.97. The summed E-state index contributed by atoms with van der Waals surface area (Å²) in [7, 11) is 3.34. The van der Waals surface area contributed by atoms with Gasteiger partial charge >= 0.3 is 5.97 Å². The van der Waals surface area contributed by atoms with E-state index in [2.05, 4.69) is 0 Å². The fraction of sp³-hybridized carbons (Fsp3) is 0.600. The lowest BCUT2D eigenvalue weighted by molar-refractivity contribution is -0.0665. The number of carbonyl (C=O) groups is 2. The summed E-state index contributed by atoms with van der Waals surface area (Å²) in [5.74, 6) is 2.14. The number of nitrogens with zero attached hydrogens (tertiary/aromatic N) is 1. The molecule has 0 spiro atoms. The zero-order valence-corrected chi connectivity index (χ0v) is 14.5. The smallest absolute Gasteiger partial charge is 0.337 e. The molecule has 4 aliphatic carbocycles. The molecule has 5 rings (SSSR count). The number of benzene rings is 1. The van der Waals surface area contributed by atoms with Crippen LogP contribution in [-0.4, -0.2) is 36.5 Å². The predicted molar refractivity (Wildman–Crippen MR) is 90.8 cm³/mol. The Kier molecular flexibility index (Phi) is 3.66. The van der Waals surface area contributed by atoms with Crippen LogP contribution < -0.4 is 0 Å². The lowest BCUT2D eigenvalue weighted by Gasteiger charge is -2.59. The molecule has 0 radical (unpaired) electrons. The Morgan fingerprint density at radius 1 is 0.958 bits per heavy atom. The van der Waals surface area contributed by atoms with E-state index in [1.54, 1.807) is 24.3 Å². The van der Waals surface area contributed by atoms with E-state index in [1.807, 2.05) is 11.9 Å². The highest BCUT2D eigenvalue weighted by molar-refractivity contribution is 5.96. The Hall–Kier alpha value is -1.84. The fourth-order valence-electron chi connectivity index (χ4n) is 5.75. The highest BCUT2D eigenvalue weighted by Gasteiger charge is 2.53. The van der Waals surface area contributed by atoms with E-state index in [4.69, 9.17) is 4.74 Å². The van der Waals surface area contributed by atoms with Gasteiger partial charge in [0.1, 0.15) is 0 Å². The number of hydrogen-bond donors (Lipinski definition) is 0. The van der Waals surface area contributed by atoms with E-state index in [9.17, 15) is 9.59 Å². The van der Waals surface area contributed by atoms with Gasteiger partial charge in [0.15, 0.2) is 0 Å². The summed E-state index contributed by atoms with van der Waals surface area (Å²) in [5, 5.41) is 0. The highest BCUT2D eigenvalue weighted by atomic mass is 16.5. The molecule has 4 nitrogen and oxygen atoms in total. The third-order valence-corrected chi connectivity index (χ3v) is 6.58. The Morgan fingerprint density at radius 2 is 1.42 bits per heavy atom. The molecule has 24 heavy (non-hydrogen) atoms. The molecular weight excluding hydrogens is 302 g/mol. The molecule has 4 heteroatoms. The van der Waals surface area contributed by atoms with Crippen LogP contribution in [0.15, 0.2) is 24.3 Å². The average Bonchev–Trinajstić information content (AvgIpc) is 2.58. The van der Waals surface area contributed by atoms with Crippen LogP contribution in [0.2, 0.25) is 0 Å². The lowest BCUT2D eigenvalue weighted by atomic mass is 9.52. The van der Waals surface area contributed by atoms with Crippen molar-refractivity contribution in [2.24, 2.45) is 17.8 Å². The molecule has 0 heterocycles. The highest BCUT2D eigenvalue weighted by Crippen LogP contribution is 2.57. The summed E-state index contributed by atoms with van der Waals surface area (Å²) in [5.41, 5.74) is 1.19. The molecule has 1 amide bonds. The average molecular weight is 327 g/mol. The summed E-state index contributed by atoms with van der Waals surface area (Å²) in [4.78, 5) is 26.6. The number of amides is 1. The largest absolute Gasteiger partial charge is 0.465 e. The van der Waals surface area contributed by atoms with Gasteiger partial charge in [-0.05, 0) is 80.5 Å². The van der Waals surface area contributed by atoms with E-state index < -0.39 is 0 Å². The SMILES string of the molecule is COC(=O)c1ccc(C(=O)N(C)C23CC4CC(CC(C4)C2)C3)cc1. The fourth-order valence-corrected chi connectivity index (χ4v) is 5.75. The minimum atomic E-state index is -0.372. The van der Waals surface area contributed by atoms with Crippen LogP contribution in [0.5, 0.6) is 0 Å². The zero-order chi connectivity index (χ0) is 16.9. The Bertz CT molecular complexity index is 629. The third-order valence-electron chi connectivity index (χ3n) is 6.58. The second-order valence-corrected chi connectivity index (χ2v) is 8.07. The van der Waals surface area contributed by atoms with Crippen LogP contribution in [0.1, 0.15) is 59.2 Å². The van der Waals surface area contributed by atoms with Crippen molar-refractivity contribution in [2.75, 3.05) is 14.2 Å². The molecule has 4 aliphatic rings. The Labute approximate surface area is 143 Å². The summed E-state index contributed by atoms with van der Waals surface area (Å²) in [6, 6.07) is 6.83. The van der Waals surface area contributed by atoms with Crippen molar-refractivity contribution in [1.29, 1.82) is 0 Å². The molecule has 4 bridgehead atoms. The predicted octanol–water partition coefficient (Wildman–Crippen LogP) is 3.51. The topological polar surface area (TPSA) is 46.6 Å². The monoisotopic (exact) mass is 327 g/mol. The van der Waals surface area contributed by atoms with Crippen molar-refractivity contribution in [3.63, 3.8) is 0 Å². The molecule has 0 unspecified atom stereocenters. The van der Waals surface area contributed by atoms with Crippen molar-refractivity contribution < 1.29 is 14.3 Å². The molecular formula is C20H25NO3. The van der Waals surface area contributed by atoms with Gasteiger partial charge in [-0.25, -0.2) is 4.79 Å². The molecule has 0 atom stereocenters. The van der Waals surface area contributed by atoms with Crippen LogP contribution in [0, 0.1) is 17.8 Å². The second-order valence-electron chi connectivity index (χ2n) is 8.07. The maximum atomic E-state index is 13.0. The maximum Gasteiger partial charge on any atom is 0.337 e. The molecule has 0 saturated heterocycles. The van der Waals surface area contributed by atoms with Crippen molar-refractivity contribution in [2.45, 2.75) is 44.1 Å². The number of carbonyl (C=O) groups excluding carboxylic acids is 2. The minimum Gasteiger partial charge on any atom is -0.465 e. The van der Waals surface area contributed by atoms with Gasteiger partial charge in [0.2, 0.25) is 0 Å². The molecule has 4 saturated carbocycles. The van der Waals surface area contributed by atoms with Crippen molar-refractivity contribution >= 4 is 11.9 Å². The lowest BCUT2D eigenvalue weighted by Crippen LogP contribution is -2.60. The number of methoxy groups -OCH3 is 1. The van der Waals surface area contributed by atoms with E-state index >= 15 is 0 Å². The van der Waals surface area contributed by atoms with Crippen LogP contribution >= 0.6 is 0 Å². The quantitative estimate of drug-likeness (QED) is 0.798. The first kappa shape index (κ1) is 15.7. The number of ether oxygens (including phenoxy) is 1. The molecule has 0 N–H and O–H groups in total. The van der Waals surface area contributed by atoms with Gasteiger partial charge in [0, 0.05) is 18.2 Å². The van der Waals surface area contributed by atoms with Gasteiger partial charge in [0.05, 0.1) is 12.7 Å². The van der Waals surface area contributed by atoms with E-state index in [0.717, 1.165) is 17.8 Å². The van der Waals surface area contributed by atoms with Crippen LogP contribution in [0.4, 0.5) is 0 Å². The van der Waals surface area contributed by atoms with E-state index in [-0.39, 0.29) is 17.4 Å². The third kappa shape index (κ3) is 2.43. The summed E-state index contributed by atoms with van der Waals surface area (Å²) >= 11 is 0. The number of rotatable bonds is 3. The first-order chi connectivity index (χ1) is 11.5. The minimum absolute atomic E-state index is 0.0624. The van der Waals surface area contributed by atoms with E-state index in [0.29, 0.717) is 11.1 Å². The molecule has 0 aliphatic heterocycles.